The summed E-state index contributed by atoms with van der Waals surface area (Å²) >= 11 is 1.63. The Balaban J connectivity index is 1.49. The fourth-order valence-corrected chi connectivity index (χ4v) is 3.69. The molecule has 138 valence electrons. The van der Waals surface area contributed by atoms with Crippen LogP contribution in [-0.2, 0) is 0 Å². The second-order valence-corrected chi connectivity index (χ2v) is 7.18. The van der Waals surface area contributed by atoms with Crippen molar-refractivity contribution in [3.8, 4) is 10.4 Å². The van der Waals surface area contributed by atoms with Gasteiger partial charge >= 0.3 is 0 Å². The largest absolute Gasteiger partial charge is 0.397 e. The molecular weight excluding hydrogens is 360 g/mol. The van der Waals surface area contributed by atoms with Crippen molar-refractivity contribution < 1.29 is 4.79 Å². The van der Waals surface area contributed by atoms with E-state index in [4.69, 9.17) is 5.73 Å². The zero-order chi connectivity index (χ0) is 18.6. The van der Waals surface area contributed by atoms with Gasteiger partial charge in [-0.2, -0.15) is 0 Å². The van der Waals surface area contributed by atoms with Gasteiger partial charge < -0.3 is 21.3 Å². The van der Waals surface area contributed by atoms with Crippen molar-refractivity contribution in [3.63, 3.8) is 0 Å². The highest BCUT2D eigenvalue weighted by Crippen LogP contribution is 2.30. The zero-order valence-corrected chi connectivity index (χ0v) is 15.5. The van der Waals surface area contributed by atoms with E-state index >= 15 is 0 Å². The SMILES string of the molecule is Nc1ccc(-c2cccs2)cc1NC(=O)c1ncc(N2CCNCC2)cn1. The normalized spacial score (nSPS) is 14.1. The maximum atomic E-state index is 12.5. The molecule has 3 aromatic rings. The van der Waals surface area contributed by atoms with Gasteiger partial charge in [0.05, 0.1) is 29.5 Å². The highest BCUT2D eigenvalue weighted by molar-refractivity contribution is 7.13. The van der Waals surface area contributed by atoms with Crippen molar-refractivity contribution in [3.05, 3.63) is 53.9 Å². The Morgan fingerprint density at radius 1 is 1.19 bits per heavy atom. The van der Waals surface area contributed by atoms with Gasteiger partial charge in [0.1, 0.15) is 0 Å². The number of thiophene rings is 1. The molecule has 3 heterocycles. The third-order valence-electron chi connectivity index (χ3n) is 4.43. The molecule has 0 radical (unpaired) electrons. The molecule has 0 spiro atoms. The van der Waals surface area contributed by atoms with E-state index in [1.807, 2.05) is 29.6 Å². The summed E-state index contributed by atoms with van der Waals surface area (Å²) in [7, 11) is 0. The van der Waals surface area contributed by atoms with Crippen LogP contribution in [0.5, 0.6) is 0 Å². The molecule has 7 nitrogen and oxygen atoms in total. The van der Waals surface area contributed by atoms with Crippen LogP contribution in [0.15, 0.2) is 48.1 Å². The number of rotatable bonds is 4. The van der Waals surface area contributed by atoms with Gasteiger partial charge in [0.25, 0.3) is 5.91 Å². The Morgan fingerprint density at radius 3 is 2.67 bits per heavy atom. The van der Waals surface area contributed by atoms with E-state index in [2.05, 4.69) is 25.5 Å². The predicted molar refractivity (Wildman–Crippen MR) is 109 cm³/mol. The third-order valence-corrected chi connectivity index (χ3v) is 5.35. The molecule has 1 saturated heterocycles. The molecule has 2 aromatic heterocycles. The highest BCUT2D eigenvalue weighted by atomic mass is 32.1. The van der Waals surface area contributed by atoms with Crippen molar-refractivity contribution in [2.24, 2.45) is 0 Å². The molecule has 1 fully saturated rings. The Morgan fingerprint density at radius 2 is 1.96 bits per heavy atom. The van der Waals surface area contributed by atoms with Crippen LogP contribution in [0.3, 0.4) is 0 Å². The first kappa shape index (κ1) is 17.4. The smallest absolute Gasteiger partial charge is 0.293 e. The maximum Gasteiger partial charge on any atom is 0.293 e. The molecule has 0 bridgehead atoms. The fourth-order valence-electron chi connectivity index (χ4n) is 2.96. The van der Waals surface area contributed by atoms with Crippen LogP contribution in [0.1, 0.15) is 10.6 Å². The summed E-state index contributed by atoms with van der Waals surface area (Å²) in [6.45, 7) is 3.67. The Hall–Kier alpha value is -2.97. The summed E-state index contributed by atoms with van der Waals surface area (Å²) in [6, 6.07) is 9.62. The molecule has 4 rings (SSSR count). The first-order chi connectivity index (χ1) is 13.2. The molecule has 8 heteroatoms. The van der Waals surface area contributed by atoms with Crippen LogP contribution in [0.4, 0.5) is 17.1 Å². The lowest BCUT2D eigenvalue weighted by molar-refractivity contribution is 0.101. The number of piperazine rings is 1. The Kier molecular flexibility index (Phi) is 4.99. The molecule has 1 aromatic carbocycles. The summed E-state index contributed by atoms with van der Waals surface area (Å²) in [6.07, 6.45) is 3.39. The van der Waals surface area contributed by atoms with E-state index in [0.29, 0.717) is 11.4 Å². The summed E-state index contributed by atoms with van der Waals surface area (Å²) in [5.74, 6) is -0.258. The van der Waals surface area contributed by atoms with Crippen LogP contribution < -0.4 is 21.3 Å². The van der Waals surface area contributed by atoms with Crippen molar-refractivity contribution in [2.75, 3.05) is 42.1 Å². The maximum absolute atomic E-state index is 12.5. The Bertz CT molecular complexity index is 920. The number of carbonyl (C=O) groups is 1. The monoisotopic (exact) mass is 380 g/mol. The van der Waals surface area contributed by atoms with Gasteiger partial charge in [0.15, 0.2) is 0 Å². The van der Waals surface area contributed by atoms with Crippen LogP contribution in [0.25, 0.3) is 10.4 Å². The molecular formula is C19H20N6OS. The molecule has 1 aliphatic rings. The number of nitrogens with zero attached hydrogens (tertiary/aromatic N) is 3. The molecule has 0 aliphatic carbocycles. The van der Waals surface area contributed by atoms with Crippen LogP contribution in [0, 0.1) is 0 Å². The number of hydrogen-bond acceptors (Lipinski definition) is 7. The number of carbonyl (C=O) groups excluding carboxylic acids is 1. The third kappa shape index (κ3) is 3.91. The zero-order valence-electron chi connectivity index (χ0n) is 14.7. The lowest BCUT2D eigenvalue weighted by atomic mass is 10.1. The lowest BCUT2D eigenvalue weighted by Gasteiger charge is -2.28. The number of aromatic nitrogens is 2. The first-order valence-electron chi connectivity index (χ1n) is 8.73. The van der Waals surface area contributed by atoms with E-state index in [1.165, 1.54) is 0 Å². The molecule has 4 N–H and O–H groups in total. The van der Waals surface area contributed by atoms with Gasteiger partial charge in [-0.05, 0) is 29.1 Å². The minimum Gasteiger partial charge on any atom is -0.397 e. The van der Waals surface area contributed by atoms with Crippen molar-refractivity contribution in [1.82, 2.24) is 15.3 Å². The average Bonchev–Trinajstić information content (AvgIpc) is 3.25. The molecule has 0 unspecified atom stereocenters. The summed E-state index contributed by atoms with van der Waals surface area (Å²) in [5.41, 5.74) is 9.01. The van der Waals surface area contributed by atoms with E-state index < -0.39 is 0 Å². The standard InChI is InChI=1S/C19H20N6OS/c20-15-4-3-13(17-2-1-9-27-17)10-16(15)24-19(26)18-22-11-14(12-23-18)25-7-5-21-6-8-25/h1-4,9-12,21H,5-8,20H2,(H,24,26). The number of amides is 1. The predicted octanol–water partition coefficient (Wildman–Crippen LogP) is 2.45. The van der Waals surface area contributed by atoms with Gasteiger partial charge in [-0.25, -0.2) is 9.97 Å². The first-order valence-corrected chi connectivity index (χ1v) is 9.61. The average molecular weight is 380 g/mol. The van der Waals surface area contributed by atoms with Gasteiger partial charge in [-0.15, -0.1) is 11.3 Å². The number of nitrogens with one attached hydrogen (secondary N) is 2. The van der Waals surface area contributed by atoms with E-state index in [0.717, 1.165) is 42.3 Å². The number of benzene rings is 1. The molecule has 1 aliphatic heterocycles. The number of anilines is 3. The van der Waals surface area contributed by atoms with Gasteiger partial charge in [0, 0.05) is 31.1 Å². The minimum atomic E-state index is -0.378. The van der Waals surface area contributed by atoms with Gasteiger partial charge in [-0.3, -0.25) is 4.79 Å². The lowest BCUT2D eigenvalue weighted by Crippen LogP contribution is -2.43. The van der Waals surface area contributed by atoms with Crippen molar-refractivity contribution in [2.45, 2.75) is 0 Å². The van der Waals surface area contributed by atoms with E-state index in [9.17, 15) is 4.79 Å². The van der Waals surface area contributed by atoms with Crippen LogP contribution in [0.2, 0.25) is 0 Å². The van der Waals surface area contributed by atoms with Gasteiger partial charge in [-0.1, -0.05) is 12.1 Å². The molecule has 0 saturated carbocycles. The second-order valence-electron chi connectivity index (χ2n) is 6.24. The van der Waals surface area contributed by atoms with Gasteiger partial charge in [0.2, 0.25) is 5.82 Å². The topological polar surface area (TPSA) is 96.2 Å². The minimum absolute atomic E-state index is 0.120. The molecule has 27 heavy (non-hydrogen) atoms. The molecule has 0 atom stereocenters. The van der Waals surface area contributed by atoms with E-state index in [-0.39, 0.29) is 11.7 Å². The summed E-state index contributed by atoms with van der Waals surface area (Å²) in [4.78, 5) is 24.3. The van der Waals surface area contributed by atoms with E-state index in [1.54, 1.807) is 29.8 Å². The van der Waals surface area contributed by atoms with Crippen molar-refractivity contribution in [1.29, 1.82) is 0 Å². The van der Waals surface area contributed by atoms with Crippen LogP contribution >= 0.6 is 11.3 Å². The fraction of sp³-hybridized carbons (Fsp3) is 0.211. The second kappa shape index (κ2) is 7.73. The van der Waals surface area contributed by atoms with Crippen LogP contribution in [-0.4, -0.2) is 42.1 Å². The quantitative estimate of drug-likeness (QED) is 0.602. The highest BCUT2D eigenvalue weighted by Gasteiger charge is 2.15. The summed E-state index contributed by atoms with van der Waals surface area (Å²) < 4.78 is 0. The Labute approximate surface area is 161 Å². The number of nitrogen functional groups attached to an aromatic ring is 1. The summed E-state index contributed by atoms with van der Waals surface area (Å²) in [5, 5.41) is 8.14. The van der Waals surface area contributed by atoms with Crippen molar-refractivity contribution >= 4 is 34.3 Å². The number of hydrogen-bond donors (Lipinski definition) is 3. The molecule has 1 amide bonds. The number of nitrogens with two attached hydrogens (primary N) is 1.